The SMILES string of the molecule is CCc1cc(Cc2ccc(C(F)(F)F)cc2)ccc1OC(F)(F)F. The Morgan fingerprint density at radius 3 is 1.92 bits per heavy atom. The van der Waals surface area contributed by atoms with Crippen molar-refractivity contribution in [1.82, 2.24) is 0 Å². The molecule has 0 aliphatic carbocycles. The van der Waals surface area contributed by atoms with E-state index in [2.05, 4.69) is 4.74 Å². The summed E-state index contributed by atoms with van der Waals surface area (Å²) in [5, 5.41) is 0. The molecule has 0 fully saturated rings. The Kier molecular flexibility index (Phi) is 5.11. The number of halogens is 6. The van der Waals surface area contributed by atoms with Crippen molar-refractivity contribution in [1.29, 1.82) is 0 Å². The number of hydrogen-bond donors (Lipinski definition) is 0. The van der Waals surface area contributed by atoms with Crippen LogP contribution in [-0.4, -0.2) is 6.36 Å². The van der Waals surface area contributed by atoms with Crippen molar-refractivity contribution in [2.75, 3.05) is 0 Å². The molecule has 0 aliphatic rings. The molecule has 2 rings (SSSR count). The summed E-state index contributed by atoms with van der Waals surface area (Å²) >= 11 is 0. The van der Waals surface area contributed by atoms with Gasteiger partial charge in [-0.05, 0) is 47.7 Å². The molecular weight excluding hydrogens is 334 g/mol. The largest absolute Gasteiger partial charge is 0.573 e. The van der Waals surface area contributed by atoms with Crippen molar-refractivity contribution in [3.8, 4) is 5.75 Å². The van der Waals surface area contributed by atoms with Crippen molar-refractivity contribution in [2.45, 2.75) is 32.3 Å². The van der Waals surface area contributed by atoms with E-state index >= 15 is 0 Å². The Balaban J connectivity index is 2.18. The lowest BCUT2D eigenvalue weighted by Crippen LogP contribution is -2.18. The number of aryl methyl sites for hydroxylation is 1. The molecule has 2 aromatic rings. The summed E-state index contributed by atoms with van der Waals surface area (Å²) < 4.78 is 78.5. The Morgan fingerprint density at radius 2 is 1.42 bits per heavy atom. The highest BCUT2D eigenvalue weighted by Crippen LogP contribution is 2.30. The van der Waals surface area contributed by atoms with Crippen molar-refractivity contribution < 1.29 is 31.1 Å². The van der Waals surface area contributed by atoms with Crippen LogP contribution >= 0.6 is 0 Å². The lowest BCUT2D eigenvalue weighted by atomic mass is 10.0. The monoisotopic (exact) mass is 348 g/mol. The van der Waals surface area contributed by atoms with Gasteiger partial charge in [0.1, 0.15) is 5.75 Å². The van der Waals surface area contributed by atoms with Gasteiger partial charge in [-0.15, -0.1) is 13.2 Å². The van der Waals surface area contributed by atoms with Crippen LogP contribution in [0.15, 0.2) is 42.5 Å². The minimum atomic E-state index is -4.77. The maximum absolute atomic E-state index is 12.5. The molecule has 0 atom stereocenters. The van der Waals surface area contributed by atoms with E-state index in [1.807, 2.05) is 0 Å². The standard InChI is InChI=1S/C17H14F6O/c1-2-13-10-12(5-8-15(13)24-17(21,22)23)9-11-3-6-14(7-4-11)16(18,19)20/h3-8,10H,2,9H2,1H3. The molecule has 24 heavy (non-hydrogen) atoms. The number of rotatable bonds is 4. The van der Waals surface area contributed by atoms with Gasteiger partial charge in [-0.1, -0.05) is 31.2 Å². The average molecular weight is 348 g/mol. The quantitative estimate of drug-likeness (QED) is 0.639. The first-order valence-electron chi connectivity index (χ1n) is 7.12. The van der Waals surface area contributed by atoms with Crippen molar-refractivity contribution in [3.05, 3.63) is 64.7 Å². The third-order valence-corrected chi connectivity index (χ3v) is 3.42. The van der Waals surface area contributed by atoms with E-state index < -0.39 is 18.1 Å². The summed E-state index contributed by atoms with van der Waals surface area (Å²) in [5.74, 6) is -0.263. The third-order valence-electron chi connectivity index (χ3n) is 3.42. The van der Waals surface area contributed by atoms with Crippen molar-refractivity contribution in [2.24, 2.45) is 0 Å². The molecule has 0 amide bonds. The van der Waals surface area contributed by atoms with Gasteiger partial charge in [0.15, 0.2) is 0 Å². The van der Waals surface area contributed by atoms with Gasteiger partial charge in [0.25, 0.3) is 0 Å². The zero-order chi connectivity index (χ0) is 18.0. The Hall–Kier alpha value is -2.18. The van der Waals surface area contributed by atoms with E-state index in [-0.39, 0.29) is 5.75 Å². The van der Waals surface area contributed by atoms with E-state index in [1.165, 1.54) is 24.3 Å². The van der Waals surface area contributed by atoms with Crippen LogP contribution in [0.3, 0.4) is 0 Å². The number of ether oxygens (including phenoxy) is 1. The van der Waals surface area contributed by atoms with Gasteiger partial charge in [0.05, 0.1) is 5.56 Å². The van der Waals surface area contributed by atoms with Crippen molar-refractivity contribution in [3.63, 3.8) is 0 Å². The predicted molar refractivity (Wildman–Crippen MR) is 76.8 cm³/mol. The normalized spacial score (nSPS) is 12.3. The Morgan fingerprint density at radius 1 is 0.833 bits per heavy atom. The summed E-state index contributed by atoms with van der Waals surface area (Å²) in [6, 6.07) is 8.94. The van der Waals surface area contributed by atoms with Crippen LogP contribution < -0.4 is 4.74 Å². The summed E-state index contributed by atoms with van der Waals surface area (Å²) in [6.45, 7) is 1.69. The van der Waals surface area contributed by atoms with Gasteiger partial charge in [0, 0.05) is 0 Å². The van der Waals surface area contributed by atoms with Gasteiger partial charge >= 0.3 is 12.5 Å². The zero-order valence-electron chi connectivity index (χ0n) is 12.6. The zero-order valence-corrected chi connectivity index (χ0v) is 12.6. The highest BCUT2D eigenvalue weighted by atomic mass is 19.4. The van der Waals surface area contributed by atoms with E-state index in [1.54, 1.807) is 13.0 Å². The van der Waals surface area contributed by atoms with Crippen molar-refractivity contribution >= 4 is 0 Å². The number of alkyl halides is 6. The second-order valence-electron chi connectivity index (χ2n) is 5.21. The molecule has 0 saturated heterocycles. The number of benzene rings is 2. The van der Waals surface area contributed by atoms with Crippen LogP contribution in [0.5, 0.6) is 5.75 Å². The van der Waals surface area contributed by atoms with Crippen LogP contribution in [0.2, 0.25) is 0 Å². The summed E-state index contributed by atoms with van der Waals surface area (Å²) in [7, 11) is 0. The third kappa shape index (κ3) is 4.91. The molecule has 0 aliphatic heterocycles. The van der Waals surface area contributed by atoms with Gasteiger partial charge in [-0.25, -0.2) is 0 Å². The fourth-order valence-electron chi connectivity index (χ4n) is 2.29. The molecule has 0 N–H and O–H groups in total. The van der Waals surface area contributed by atoms with E-state index in [0.717, 1.165) is 12.1 Å². The van der Waals surface area contributed by atoms with Gasteiger partial charge in [-0.3, -0.25) is 0 Å². The van der Waals surface area contributed by atoms with Crippen LogP contribution in [0.1, 0.15) is 29.2 Å². The summed E-state index contributed by atoms with van der Waals surface area (Å²) in [5.41, 5.74) is 0.974. The number of hydrogen-bond acceptors (Lipinski definition) is 1. The fraction of sp³-hybridized carbons (Fsp3) is 0.294. The molecule has 0 aromatic heterocycles. The molecule has 1 nitrogen and oxygen atoms in total. The second kappa shape index (κ2) is 6.75. The highest BCUT2D eigenvalue weighted by Gasteiger charge is 2.32. The van der Waals surface area contributed by atoms with E-state index in [4.69, 9.17) is 0 Å². The topological polar surface area (TPSA) is 9.23 Å². The first kappa shape index (κ1) is 18.2. The maximum atomic E-state index is 12.5. The molecule has 7 heteroatoms. The van der Waals surface area contributed by atoms with Crippen LogP contribution in [-0.2, 0) is 19.0 Å². The highest BCUT2D eigenvalue weighted by molar-refractivity contribution is 5.39. The molecule has 0 spiro atoms. The predicted octanol–water partition coefficient (Wildman–Crippen LogP) is 5.76. The van der Waals surface area contributed by atoms with Crippen LogP contribution in [0.25, 0.3) is 0 Å². The molecule has 0 bridgehead atoms. The summed E-state index contributed by atoms with van der Waals surface area (Å²) in [4.78, 5) is 0. The van der Waals surface area contributed by atoms with E-state index in [0.29, 0.717) is 29.5 Å². The molecule has 2 aromatic carbocycles. The molecule has 0 saturated carbocycles. The fourth-order valence-corrected chi connectivity index (χ4v) is 2.29. The van der Waals surface area contributed by atoms with E-state index in [9.17, 15) is 26.3 Å². The first-order valence-corrected chi connectivity index (χ1v) is 7.12. The smallest absolute Gasteiger partial charge is 0.406 e. The Bertz CT molecular complexity index is 686. The molecule has 0 heterocycles. The second-order valence-corrected chi connectivity index (χ2v) is 5.21. The van der Waals surface area contributed by atoms with Gasteiger partial charge in [-0.2, -0.15) is 13.2 Å². The van der Waals surface area contributed by atoms with Gasteiger partial charge < -0.3 is 4.74 Å². The molecular formula is C17H14F6O. The first-order chi connectivity index (χ1) is 11.1. The van der Waals surface area contributed by atoms with Crippen LogP contribution in [0.4, 0.5) is 26.3 Å². The molecule has 0 radical (unpaired) electrons. The minimum absolute atomic E-state index is 0.263. The molecule has 0 unspecified atom stereocenters. The Labute approximate surface area is 134 Å². The maximum Gasteiger partial charge on any atom is 0.573 e. The summed E-state index contributed by atoms with van der Waals surface area (Å²) in [6.07, 6.45) is -8.51. The minimum Gasteiger partial charge on any atom is -0.406 e. The average Bonchev–Trinajstić information content (AvgIpc) is 2.47. The molecule has 130 valence electrons. The van der Waals surface area contributed by atoms with Gasteiger partial charge in [0.2, 0.25) is 0 Å². The lowest BCUT2D eigenvalue weighted by Gasteiger charge is -2.14. The van der Waals surface area contributed by atoms with Crippen LogP contribution in [0, 0.1) is 0 Å². The lowest BCUT2D eigenvalue weighted by molar-refractivity contribution is -0.274.